The number of nitrogens with one attached hydrogen (secondary N) is 1. The Morgan fingerprint density at radius 1 is 1.53 bits per heavy atom. The van der Waals surface area contributed by atoms with Crippen LogP contribution in [0.15, 0.2) is 18.2 Å². The Morgan fingerprint density at radius 2 is 2.24 bits per heavy atom. The lowest BCUT2D eigenvalue weighted by molar-refractivity contribution is 0.0697. The fourth-order valence-corrected chi connectivity index (χ4v) is 1.68. The van der Waals surface area contributed by atoms with Crippen molar-refractivity contribution >= 4 is 11.8 Å². The monoisotopic (exact) mass is 234 g/mol. The van der Waals surface area contributed by atoms with E-state index in [4.69, 9.17) is 5.11 Å². The number of carbonyl (C=O) groups is 1. The zero-order valence-corrected chi connectivity index (χ0v) is 10.4. The Kier molecular flexibility index (Phi) is 4.69. The van der Waals surface area contributed by atoms with Crippen molar-refractivity contribution in [2.24, 2.45) is 0 Å². The van der Waals surface area contributed by atoms with Crippen LogP contribution in [0.2, 0.25) is 0 Å². The van der Waals surface area contributed by atoms with Crippen molar-refractivity contribution in [2.45, 2.75) is 27.2 Å². The molecule has 2 N–H and O–H groups in total. The van der Waals surface area contributed by atoms with Crippen molar-refractivity contribution in [3.05, 3.63) is 35.0 Å². The second-order valence-electron chi connectivity index (χ2n) is 3.89. The van der Waals surface area contributed by atoms with Crippen LogP contribution in [0.4, 0.5) is 5.82 Å². The molecule has 92 valence electrons. The number of aromatic carboxylic acids is 1. The van der Waals surface area contributed by atoms with Crippen LogP contribution >= 0.6 is 0 Å². The summed E-state index contributed by atoms with van der Waals surface area (Å²) in [5.74, 6) is -0.483. The first-order chi connectivity index (χ1) is 8.06. The maximum atomic E-state index is 11.1. The van der Waals surface area contributed by atoms with Crippen molar-refractivity contribution in [1.29, 1.82) is 0 Å². The number of allylic oxidation sites excluding steroid dienone is 1. The minimum atomic E-state index is -0.941. The van der Waals surface area contributed by atoms with E-state index in [2.05, 4.69) is 10.3 Å². The number of anilines is 1. The first-order valence-corrected chi connectivity index (χ1v) is 5.62. The lowest BCUT2D eigenvalue weighted by atomic mass is 10.1. The molecule has 0 fully saturated rings. The minimum Gasteiger partial charge on any atom is -0.478 e. The SMILES string of the molecule is C/C=C/CCNc1nc(C)cc(C)c1C(=O)O. The van der Waals surface area contributed by atoms with Crippen LogP contribution < -0.4 is 5.32 Å². The third-order valence-electron chi connectivity index (χ3n) is 2.40. The molecule has 0 aliphatic heterocycles. The molecular formula is C13H18N2O2. The zero-order chi connectivity index (χ0) is 12.8. The largest absolute Gasteiger partial charge is 0.478 e. The molecule has 4 nitrogen and oxygen atoms in total. The minimum absolute atomic E-state index is 0.260. The third kappa shape index (κ3) is 3.59. The topological polar surface area (TPSA) is 62.2 Å². The predicted molar refractivity (Wildman–Crippen MR) is 68.6 cm³/mol. The summed E-state index contributed by atoms with van der Waals surface area (Å²) in [4.78, 5) is 15.4. The molecule has 0 aliphatic carbocycles. The third-order valence-corrected chi connectivity index (χ3v) is 2.40. The predicted octanol–water partition coefficient (Wildman–Crippen LogP) is 2.77. The molecule has 0 bridgehead atoms. The van der Waals surface area contributed by atoms with Gasteiger partial charge in [0.15, 0.2) is 0 Å². The van der Waals surface area contributed by atoms with Gasteiger partial charge >= 0.3 is 5.97 Å². The molecule has 0 aliphatic rings. The van der Waals surface area contributed by atoms with Gasteiger partial charge in [-0.15, -0.1) is 0 Å². The highest BCUT2D eigenvalue weighted by atomic mass is 16.4. The molecule has 0 amide bonds. The summed E-state index contributed by atoms with van der Waals surface area (Å²) >= 11 is 0. The van der Waals surface area contributed by atoms with Gasteiger partial charge in [0.2, 0.25) is 0 Å². The van der Waals surface area contributed by atoms with Gasteiger partial charge < -0.3 is 10.4 Å². The summed E-state index contributed by atoms with van der Waals surface area (Å²) in [6, 6.07) is 1.78. The number of rotatable bonds is 5. The molecule has 0 saturated carbocycles. The van der Waals surface area contributed by atoms with Crippen LogP contribution in [0.1, 0.15) is 35.0 Å². The summed E-state index contributed by atoms with van der Waals surface area (Å²) in [5, 5.41) is 12.2. The van der Waals surface area contributed by atoms with E-state index in [-0.39, 0.29) is 5.56 Å². The van der Waals surface area contributed by atoms with Crippen LogP contribution in [0.25, 0.3) is 0 Å². The van der Waals surface area contributed by atoms with Crippen molar-refractivity contribution < 1.29 is 9.90 Å². The van der Waals surface area contributed by atoms with Crippen molar-refractivity contribution in [3.8, 4) is 0 Å². The van der Waals surface area contributed by atoms with E-state index < -0.39 is 5.97 Å². The smallest absolute Gasteiger partial charge is 0.339 e. The number of aromatic nitrogens is 1. The van der Waals surface area contributed by atoms with E-state index in [1.54, 1.807) is 13.0 Å². The number of aryl methyl sites for hydroxylation is 2. The van der Waals surface area contributed by atoms with Gasteiger partial charge in [-0.25, -0.2) is 9.78 Å². The molecule has 1 aromatic rings. The summed E-state index contributed by atoms with van der Waals surface area (Å²) in [6.45, 7) is 6.28. The van der Waals surface area contributed by atoms with E-state index in [1.165, 1.54) is 0 Å². The Morgan fingerprint density at radius 3 is 2.82 bits per heavy atom. The molecule has 0 unspecified atom stereocenters. The quantitative estimate of drug-likeness (QED) is 0.607. The number of hydrogen-bond donors (Lipinski definition) is 2. The maximum absolute atomic E-state index is 11.1. The van der Waals surface area contributed by atoms with E-state index >= 15 is 0 Å². The molecule has 1 aromatic heterocycles. The lowest BCUT2D eigenvalue weighted by Crippen LogP contribution is -2.11. The summed E-state index contributed by atoms with van der Waals surface area (Å²) in [5.41, 5.74) is 1.82. The highest BCUT2D eigenvalue weighted by Gasteiger charge is 2.14. The van der Waals surface area contributed by atoms with Crippen molar-refractivity contribution in [2.75, 3.05) is 11.9 Å². The highest BCUT2D eigenvalue weighted by molar-refractivity contribution is 5.94. The van der Waals surface area contributed by atoms with Crippen LogP contribution in [0.5, 0.6) is 0 Å². The van der Waals surface area contributed by atoms with E-state index in [9.17, 15) is 4.79 Å². The molecular weight excluding hydrogens is 216 g/mol. The number of carboxylic acids is 1. The van der Waals surface area contributed by atoms with Gasteiger partial charge in [-0.05, 0) is 38.8 Å². The fraction of sp³-hybridized carbons (Fsp3) is 0.385. The normalized spacial score (nSPS) is 10.8. The first-order valence-electron chi connectivity index (χ1n) is 5.62. The molecule has 0 saturated heterocycles. The van der Waals surface area contributed by atoms with Gasteiger partial charge in [0, 0.05) is 12.2 Å². The standard InChI is InChI=1S/C13H18N2O2/c1-4-5-6-7-14-12-11(13(16)17)9(2)8-10(3)15-12/h4-5,8H,6-7H2,1-3H3,(H,14,15)(H,16,17)/b5-4+. The zero-order valence-electron chi connectivity index (χ0n) is 10.4. The number of carboxylic acid groups (broad SMARTS) is 1. The van der Waals surface area contributed by atoms with Crippen molar-refractivity contribution in [1.82, 2.24) is 4.98 Å². The van der Waals surface area contributed by atoms with Crippen molar-refractivity contribution in [3.63, 3.8) is 0 Å². The average Bonchev–Trinajstić information content (AvgIpc) is 2.22. The Labute approximate surface area is 101 Å². The first kappa shape index (κ1) is 13.2. The van der Waals surface area contributed by atoms with E-state index in [1.807, 2.05) is 26.0 Å². The fourth-order valence-electron chi connectivity index (χ4n) is 1.68. The summed E-state index contributed by atoms with van der Waals surface area (Å²) in [6.07, 6.45) is 4.84. The Bertz CT molecular complexity index is 439. The lowest BCUT2D eigenvalue weighted by Gasteiger charge is -2.11. The molecule has 0 radical (unpaired) electrons. The summed E-state index contributed by atoms with van der Waals surface area (Å²) in [7, 11) is 0. The second-order valence-corrected chi connectivity index (χ2v) is 3.89. The van der Waals surface area contributed by atoms with E-state index in [0.29, 0.717) is 12.4 Å². The molecule has 0 spiro atoms. The highest BCUT2D eigenvalue weighted by Crippen LogP contribution is 2.18. The number of pyridine rings is 1. The van der Waals surface area contributed by atoms with Crippen LogP contribution in [-0.2, 0) is 0 Å². The van der Waals surface area contributed by atoms with Crippen LogP contribution in [-0.4, -0.2) is 22.6 Å². The molecule has 0 aromatic carbocycles. The number of nitrogens with zero attached hydrogens (tertiary/aromatic N) is 1. The molecule has 1 rings (SSSR count). The van der Waals surface area contributed by atoms with E-state index in [0.717, 1.165) is 17.7 Å². The van der Waals surface area contributed by atoms with Gasteiger partial charge in [0.25, 0.3) is 0 Å². The Balaban J connectivity index is 2.92. The van der Waals surface area contributed by atoms with Gasteiger partial charge in [-0.1, -0.05) is 12.2 Å². The molecule has 0 atom stereocenters. The molecule has 1 heterocycles. The van der Waals surface area contributed by atoms with Gasteiger partial charge in [-0.2, -0.15) is 0 Å². The average molecular weight is 234 g/mol. The molecule has 4 heteroatoms. The van der Waals surface area contributed by atoms with Crippen LogP contribution in [0.3, 0.4) is 0 Å². The summed E-state index contributed by atoms with van der Waals surface area (Å²) < 4.78 is 0. The van der Waals surface area contributed by atoms with Gasteiger partial charge in [0.05, 0.1) is 0 Å². The second kappa shape index (κ2) is 6.03. The molecule has 17 heavy (non-hydrogen) atoms. The maximum Gasteiger partial charge on any atom is 0.339 e. The number of hydrogen-bond acceptors (Lipinski definition) is 3. The van der Waals surface area contributed by atoms with Gasteiger partial charge in [-0.3, -0.25) is 0 Å². The van der Waals surface area contributed by atoms with Gasteiger partial charge in [0.1, 0.15) is 11.4 Å². The Hall–Kier alpha value is -1.84. The van der Waals surface area contributed by atoms with Crippen LogP contribution in [0, 0.1) is 13.8 Å².